The van der Waals surface area contributed by atoms with Gasteiger partial charge in [0.05, 0.1) is 34.9 Å². The third kappa shape index (κ3) is 5.44. The molecule has 0 unspecified atom stereocenters. The monoisotopic (exact) mass is 476 g/mol. The van der Waals surface area contributed by atoms with E-state index in [2.05, 4.69) is 17.2 Å². The van der Waals surface area contributed by atoms with Crippen LogP contribution < -0.4 is 4.74 Å². The van der Waals surface area contributed by atoms with Gasteiger partial charge in [0.15, 0.2) is 5.78 Å². The molecular formula is C27H25ClN2O2S. The van der Waals surface area contributed by atoms with E-state index in [1.165, 1.54) is 10.4 Å². The summed E-state index contributed by atoms with van der Waals surface area (Å²) in [6.07, 6.45) is 4.31. The summed E-state index contributed by atoms with van der Waals surface area (Å²) in [5, 5.41) is 5.19. The van der Waals surface area contributed by atoms with Crippen molar-refractivity contribution in [1.82, 2.24) is 9.78 Å². The van der Waals surface area contributed by atoms with Gasteiger partial charge in [0.1, 0.15) is 5.75 Å². The summed E-state index contributed by atoms with van der Waals surface area (Å²) in [6.45, 7) is 4.37. The van der Waals surface area contributed by atoms with Crippen LogP contribution in [0, 0.1) is 13.8 Å². The van der Waals surface area contributed by atoms with Crippen molar-refractivity contribution in [2.75, 3.05) is 7.11 Å². The lowest BCUT2D eigenvalue weighted by Crippen LogP contribution is -2.06. The van der Waals surface area contributed by atoms with Gasteiger partial charge in [-0.05, 0) is 55.3 Å². The molecule has 4 aromatic rings. The summed E-state index contributed by atoms with van der Waals surface area (Å²) >= 11 is 7.84. The summed E-state index contributed by atoms with van der Waals surface area (Å²) < 4.78 is 7.40. The number of carbonyl (C=O) groups excluding carboxylic acids is 1. The van der Waals surface area contributed by atoms with Crippen LogP contribution in [-0.4, -0.2) is 22.7 Å². The Bertz CT molecular complexity index is 1310. The Morgan fingerprint density at radius 2 is 1.91 bits per heavy atom. The smallest absolute Gasteiger partial charge is 0.195 e. The fraction of sp³-hybridized carbons (Fsp3) is 0.185. The van der Waals surface area contributed by atoms with E-state index in [1.54, 1.807) is 24.5 Å². The maximum atomic E-state index is 12.7. The number of carbonyl (C=O) groups is 1. The van der Waals surface area contributed by atoms with Crippen molar-refractivity contribution in [1.29, 1.82) is 0 Å². The Labute approximate surface area is 203 Å². The molecule has 0 spiro atoms. The van der Waals surface area contributed by atoms with Crippen molar-refractivity contribution < 1.29 is 9.53 Å². The van der Waals surface area contributed by atoms with Gasteiger partial charge in [0.25, 0.3) is 0 Å². The second kappa shape index (κ2) is 10.2. The summed E-state index contributed by atoms with van der Waals surface area (Å²) in [5.41, 5.74) is 4.85. The van der Waals surface area contributed by atoms with Crippen molar-refractivity contribution in [3.8, 4) is 5.75 Å². The topological polar surface area (TPSA) is 44.1 Å². The Hall–Kier alpha value is -3.15. The van der Waals surface area contributed by atoms with Crippen LogP contribution in [-0.2, 0) is 13.0 Å². The Morgan fingerprint density at radius 3 is 2.61 bits per heavy atom. The molecule has 0 saturated heterocycles. The molecular weight excluding hydrogens is 452 g/mol. The molecule has 2 heterocycles. The van der Waals surface area contributed by atoms with E-state index in [4.69, 9.17) is 16.3 Å². The van der Waals surface area contributed by atoms with Gasteiger partial charge >= 0.3 is 0 Å². The molecule has 4 nitrogen and oxygen atoms in total. The first kappa shape index (κ1) is 23.0. The molecule has 33 heavy (non-hydrogen) atoms. The molecule has 0 aliphatic rings. The fourth-order valence-electron chi connectivity index (χ4n) is 3.67. The van der Waals surface area contributed by atoms with Crippen LogP contribution in [0.25, 0.3) is 6.08 Å². The summed E-state index contributed by atoms with van der Waals surface area (Å²) in [7, 11) is 1.65. The van der Waals surface area contributed by atoms with Gasteiger partial charge in [0.2, 0.25) is 0 Å². The van der Waals surface area contributed by atoms with Crippen LogP contribution in [0.1, 0.15) is 42.6 Å². The lowest BCUT2D eigenvalue weighted by molar-refractivity contribution is 0.105. The lowest BCUT2D eigenvalue weighted by atomic mass is 10.1. The molecule has 0 bridgehead atoms. The van der Waals surface area contributed by atoms with Crippen LogP contribution in [0.4, 0.5) is 0 Å². The Kier molecular flexibility index (Phi) is 7.11. The first-order valence-electron chi connectivity index (χ1n) is 10.7. The molecule has 0 aliphatic heterocycles. The van der Waals surface area contributed by atoms with Gasteiger partial charge in [-0.25, -0.2) is 0 Å². The molecule has 0 atom stereocenters. The Balaban J connectivity index is 1.49. The number of nitrogens with zero attached hydrogens (tertiary/aromatic N) is 2. The number of aromatic nitrogens is 2. The quantitative estimate of drug-likeness (QED) is 0.208. The normalized spacial score (nSPS) is 11.3. The van der Waals surface area contributed by atoms with Gasteiger partial charge in [-0.2, -0.15) is 5.10 Å². The number of benzene rings is 2. The van der Waals surface area contributed by atoms with Crippen molar-refractivity contribution in [3.05, 3.63) is 110 Å². The molecule has 0 saturated carbocycles. The highest BCUT2D eigenvalue weighted by molar-refractivity contribution is 7.14. The van der Waals surface area contributed by atoms with Gasteiger partial charge < -0.3 is 4.74 Å². The molecule has 6 heteroatoms. The Morgan fingerprint density at radius 1 is 1.12 bits per heavy atom. The lowest BCUT2D eigenvalue weighted by Gasteiger charge is -2.11. The van der Waals surface area contributed by atoms with Crippen molar-refractivity contribution in [2.45, 2.75) is 26.8 Å². The zero-order valence-corrected chi connectivity index (χ0v) is 20.4. The number of thiophene rings is 1. The maximum Gasteiger partial charge on any atom is 0.195 e. The predicted octanol–water partition coefficient (Wildman–Crippen LogP) is 6.76. The molecule has 0 N–H and O–H groups in total. The van der Waals surface area contributed by atoms with E-state index in [0.717, 1.165) is 39.6 Å². The minimum atomic E-state index is 0.00186. The molecule has 2 aromatic heterocycles. The average Bonchev–Trinajstić information content (AvgIpc) is 3.39. The number of allylic oxidation sites excluding steroid dienone is 1. The number of methoxy groups -OCH3 is 1. The molecule has 2 aromatic carbocycles. The number of aryl methyl sites for hydroxylation is 1. The highest BCUT2D eigenvalue weighted by Gasteiger charge is 2.12. The number of hydrogen-bond acceptors (Lipinski definition) is 4. The van der Waals surface area contributed by atoms with Crippen molar-refractivity contribution in [2.24, 2.45) is 0 Å². The summed E-state index contributed by atoms with van der Waals surface area (Å²) in [4.78, 5) is 14.7. The maximum absolute atomic E-state index is 12.7. The molecule has 0 amide bonds. The zero-order valence-electron chi connectivity index (χ0n) is 18.8. The number of rotatable bonds is 8. The second-order valence-electron chi connectivity index (χ2n) is 7.84. The average molecular weight is 477 g/mol. The van der Waals surface area contributed by atoms with Crippen molar-refractivity contribution >= 4 is 34.8 Å². The second-order valence-corrected chi connectivity index (χ2v) is 9.39. The first-order valence-corrected chi connectivity index (χ1v) is 11.9. The number of ketones is 1. The standard InChI is InChI=1S/C27H25ClN2O2S/c1-18-27(28)19(2)30(29-18)17-22-15-21(10-13-25(22)32-3)9-12-24(31)26-14-11-23(33-26)16-20-7-5-4-6-8-20/h4-15H,16-17H2,1-3H3/b12-9+. The highest BCUT2D eigenvalue weighted by Crippen LogP contribution is 2.26. The van der Waals surface area contributed by atoms with Crippen LogP contribution in [0.3, 0.4) is 0 Å². The number of ether oxygens (including phenoxy) is 1. The summed E-state index contributed by atoms with van der Waals surface area (Å²) in [6, 6.07) is 20.1. The highest BCUT2D eigenvalue weighted by atomic mass is 35.5. The predicted molar refractivity (Wildman–Crippen MR) is 136 cm³/mol. The largest absolute Gasteiger partial charge is 0.496 e. The van der Waals surface area contributed by atoms with E-state index in [1.807, 2.05) is 73.1 Å². The summed E-state index contributed by atoms with van der Waals surface area (Å²) in [5.74, 6) is 0.771. The van der Waals surface area contributed by atoms with Crippen LogP contribution in [0.5, 0.6) is 5.75 Å². The van der Waals surface area contributed by atoms with Gasteiger partial charge in [-0.1, -0.05) is 54.1 Å². The molecule has 0 fully saturated rings. The van der Waals surface area contributed by atoms with E-state index >= 15 is 0 Å². The van der Waals surface area contributed by atoms with Crippen LogP contribution in [0.2, 0.25) is 5.02 Å². The van der Waals surface area contributed by atoms with Gasteiger partial charge in [-0.3, -0.25) is 9.48 Å². The molecule has 0 radical (unpaired) electrons. The number of halogens is 1. The first-order chi connectivity index (χ1) is 15.9. The third-order valence-electron chi connectivity index (χ3n) is 5.47. The SMILES string of the molecule is COc1ccc(/C=C/C(=O)c2ccc(Cc3ccccc3)s2)cc1Cn1nc(C)c(Cl)c1C. The van der Waals surface area contributed by atoms with E-state index in [-0.39, 0.29) is 5.78 Å². The van der Waals surface area contributed by atoms with Crippen molar-refractivity contribution in [3.63, 3.8) is 0 Å². The van der Waals surface area contributed by atoms with Gasteiger partial charge in [0, 0.05) is 16.9 Å². The zero-order chi connectivity index (χ0) is 23.4. The van der Waals surface area contributed by atoms with E-state index in [9.17, 15) is 4.79 Å². The third-order valence-corrected chi connectivity index (χ3v) is 7.12. The fourth-order valence-corrected chi connectivity index (χ4v) is 4.77. The van der Waals surface area contributed by atoms with Crippen LogP contribution >= 0.6 is 22.9 Å². The minimum Gasteiger partial charge on any atom is -0.496 e. The van der Waals surface area contributed by atoms with E-state index in [0.29, 0.717) is 11.6 Å². The molecule has 0 aliphatic carbocycles. The molecule has 4 rings (SSSR count). The molecule has 168 valence electrons. The van der Waals surface area contributed by atoms with E-state index < -0.39 is 0 Å². The minimum absolute atomic E-state index is 0.00186. The van der Waals surface area contributed by atoms with Gasteiger partial charge in [-0.15, -0.1) is 11.3 Å². The van der Waals surface area contributed by atoms with Crippen LogP contribution in [0.15, 0.2) is 66.7 Å². The number of hydrogen-bond donors (Lipinski definition) is 0.